The first-order chi connectivity index (χ1) is 9.52. The molecule has 20 heavy (non-hydrogen) atoms. The van der Waals surface area contributed by atoms with Gasteiger partial charge in [-0.3, -0.25) is 9.59 Å². The Morgan fingerprint density at radius 1 is 1.15 bits per heavy atom. The van der Waals surface area contributed by atoms with E-state index in [4.69, 9.17) is 15.2 Å². The van der Waals surface area contributed by atoms with Gasteiger partial charge in [0, 0.05) is 26.3 Å². The smallest absolute Gasteiger partial charge is 0.312 e. The summed E-state index contributed by atoms with van der Waals surface area (Å²) in [7, 11) is 0. The van der Waals surface area contributed by atoms with Gasteiger partial charge in [-0.25, -0.2) is 0 Å². The number of ether oxygens (including phenoxy) is 2. The predicted molar refractivity (Wildman–Crippen MR) is 79.4 cm³/mol. The molecule has 0 saturated carbocycles. The fraction of sp³-hybridized carbons (Fsp3) is 0.750. The van der Waals surface area contributed by atoms with Gasteiger partial charge < -0.3 is 25.4 Å². The molecule has 8 heteroatoms. The Labute approximate surface area is 124 Å². The van der Waals surface area contributed by atoms with Crippen LogP contribution in [-0.4, -0.2) is 67.8 Å². The van der Waals surface area contributed by atoms with E-state index >= 15 is 0 Å². The summed E-state index contributed by atoms with van der Waals surface area (Å²) in [6, 6.07) is 0. The maximum absolute atomic E-state index is 12.0. The average Bonchev–Trinajstić information content (AvgIpc) is 2.42. The summed E-state index contributed by atoms with van der Waals surface area (Å²) in [5.41, 5.74) is 5.27. The number of hydrogen-bond donors (Lipinski definition) is 2. The second-order valence-corrected chi connectivity index (χ2v) is 4.36. The SMILES string of the molecule is CCOCCN(CCOCC)C(=O)C(=O)NCC(N)=S. The van der Waals surface area contributed by atoms with Crippen LogP contribution in [0.4, 0.5) is 0 Å². The zero-order valence-corrected chi connectivity index (χ0v) is 12.8. The lowest BCUT2D eigenvalue weighted by molar-refractivity contribution is -0.146. The predicted octanol–water partition coefficient (Wildman–Crippen LogP) is -0.710. The van der Waals surface area contributed by atoms with Gasteiger partial charge in [0.15, 0.2) is 0 Å². The van der Waals surface area contributed by atoms with Gasteiger partial charge in [0.25, 0.3) is 0 Å². The molecule has 116 valence electrons. The molecule has 0 atom stereocenters. The van der Waals surface area contributed by atoms with Crippen molar-refractivity contribution in [2.75, 3.05) is 46.1 Å². The molecule has 0 fully saturated rings. The number of thiocarbonyl (C=S) groups is 1. The van der Waals surface area contributed by atoms with Crippen LogP contribution in [0.25, 0.3) is 0 Å². The molecule has 0 bridgehead atoms. The van der Waals surface area contributed by atoms with Gasteiger partial charge in [-0.15, -0.1) is 0 Å². The van der Waals surface area contributed by atoms with Crippen LogP contribution < -0.4 is 11.1 Å². The monoisotopic (exact) mass is 305 g/mol. The second kappa shape index (κ2) is 11.6. The van der Waals surface area contributed by atoms with Gasteiger partial charge in [0.2, 0.25) is 0 Å². The Hall–Kier alpha value is -1.25. The Morgan fingerprint density at radius 3 is 2.05 bits per heavy atom. The van der Waals surface area contributed by atoms with Crippen molar-refractivity contribution in [2.45, 2.75) is 13.8 Å². The molecule has 0 aromatic carbocycles. The maximum Gasteiger partial charge on any atom is 0.312 e. The highest BCUT2D eigenvalue weighted by Gasteiger charge is 2.21. The van der Waals surface area contributed by atoms with E-state index in [-0.39, 0.29) is 11.5 Å². The Bertz CT molecular complexity index is 316. The summed E-state index contributed by atoms with van der Waals surface area (Å²) in [5, 5.41) is 2.37. The van der Waals surface area contributed by atoms with Crippen molar-refractivity contribution in [3.05, 3.63) is 0 Å². The summed E-state index contributed by atoms with van der Waals surface area (Å²) in [6.07, 6.45) is 0. The molecule has 0 aliphatic rings. The molecule has 0 aromatic heterocycles. The highest BCUT2D eigenvalue weighted by molar-refractivity contribution is 7.80. The molecule has 2 amide bonds. The Morgan fingerprint density at radius 2 is 1.65 bits per heavy atom. The molecule has 3 N–H and O–H groups in total. The van der Waals surface area contributed by atoms with Crippen LogP contribution >= 0.6 is 12.2 Å². The quantitative estimate of drug-likeness (QED) is 0.315. The summed E-state index contributed by atoms with van der Waals surface area (Å²) in [4.78, 5) is 25.1. The molecule has 0 aliphatic carbocycles. The van der Waals surface area contributed by atoms with Crippen LogP contribution in [0, 0.1) is 0 Å². The van der Waals surface area contributed by atoms with Crippen LogP contribution in [-0.2, 0) is 19.1 Å². The molecule has 7 nitrogen and oxygen atoms in total. The molecule has 0 radical (unpaired) electrons. The lowest BCUT2D eigenvalue weighted by Crippen LogP contribution is -2.47. The van der Waals surface area contributed by atoms with Crippen molar-refractivity contribution in [3.63, 3.8) is 0 Å². The zero-order valence-electron chi connectivity index (χ0n) is 12.0. The van der Waals surface area contributed by atoms with E-state index in [0.717, 1.165) is 0 Å². The van der Waals surface area contributed by atoms with Crippen LogP contribution in [0.3, 0.4) is 0 Å². The van der Waals surface area contributed by atoms with Gasteiger partial charge in [-0.1, -0.05) is 12.2 Å². The highest BCUT2D eigenvalue weighted by atomic mass is 32.1. The standard InChI is InChI=1S/C12H23N3O4S/c1-3-18-7-5-15(6-8-19-4-2)12(17)11(16)14-9-10(13)20/h3-9H2,1-2H3,(H2,13,20)(H,14,16). The molecule has 0 heterocycles. The first-order valence-corrected chi connectivity index (χ1v) is 6.94. The van der Waals surface area contributed by atoms with Crippen molar-refractivity contribution in [1.82, 2.24) is 10.2 Å². The second-order valence-electron chi connectivity index (χ2n) is 3.84. The number of amides is 2. The minimum Gasteiger partial charge on any atom is -0.392 e. The first-order valence-electron chi connectivity index (χ1n) is 6.53. The van der Waals surface area contributed by atoms with E-state index in [1.807, 2.05) is 13.8 Å². The van der Waals surface area contributed by atoms with E-state index in [9.17, 15) is 9.59 Å². The topological polar surface area (TPSA) is 93.9 Å². The van der Waals surface area contributed by atoms with Gasteiger partial charge >= 0.3 is 11.8 Å². The Balaban J connectivity index is 4.35. The van der Waals surface area contributed by atoms with E-state index < -0.39 is 11.8 Å². The number of hydrogen-bond acceptors (Lipinski definition) is 5. The van der Waals surface area contributed by atoms with Crippen molar-refractivity contribution < 1.29 is 19.1 Å². The molecular weight excluding hydrogens is 282 g/mol. The highest BCUT2D eigenvalue weighted by Crippen LogP contribution is 1.93. The average molecular weight is 305 g/mol. The largest absolute Gasteiger partial charge is 0.392 e. The minimum atomic E-state index is -0.731. The number of nitrogens with one attached hydrogen (secondary N) is 1. The number of carbonyl (C=O) groups excluding carboxylic acids is 2. The molecule has 0 rings (SSSR count). The van der Waals surface area contributed by atoms with Crippen molar-refractivity contribution in [3.8, 4) is 0 Å². The van der Waals surface area contributed by atoms with Crippen LogP contribution in [0.1, 0.15) is 13.8 Å². The third-order valence-electron chi connectivity index (χ3n) is 2.32. The molecule has 0 aromatic rings. The van der Waals surface area contributed by atoms with Crippen LogP contribution in [0.5, 0.6) is 0 Å². The van der Waals surface area contributed by atoms with Gasteiger partial charge in [-0.2, -0.15) is 0 Å². The molecular formula is C12H23N3O4S. The lowest BCUT2D eigenvalue weighted by Gasteiger charge is -2.21. The third-order valence-corrected chi connectivity index (χ3v) is 2.47. The minimum absolute atomic E-state index is 0.00463. The molecule has 0 unspecified atom stereocenters. The zero-order chi connectivity index (χ0) is 15.4. The first kappa shape index (κ1) is 18.8. The van der Waals surface area contributed by atoms with E-state index in [1.54, 1.807) is 0 Å². The molecule has 0 aliphatic heterocycles. The van der Waals surface area contributed by atoms with E-state index in [2.05, 4.69) is 17.5 Å². The lowest BCUT2D eigenvalue weighted by atomic mass is 10.4. The molecule has 0 spiro atoms. The fourth-order valence-corrected chi connectivity index (χ4v) is 1.41. The number of nitrogens with two attached hydrogens (primary N) is 1. The van der Waals surface area contributed by atoms with E-state index in [1.165, 1.54) is 4.90 Å². The van der Waals surface area contributed by atoms with Crippen LogP contribution in [0.15, 0.2) is 0 Å². The summed E-state index contributed by atoms with van der Waals surface area (Å²) < 4.78 is 10.4. The van der Waals surface area contributed by atoms with Crippen molar-refractivity contribution >= 4 is 29.0 Å². The fourth-order valence-electron chi connectivity index (χ4n) is 1.34. The third kappa shape index (κ3) is 8.78. The number of rotatable bonds is 10. The van der Waals surface area contributed by atoms with Gasteiger partial charge in [0.1, 0.15) is 0 Å². The normalized spacial score (nSPS) is 10.1. The summed E-state index contributed by atoms with van der Waals surface area (Å²) >= 11 is 4.64. The summed E-state index contributed by atoms with van der Waals surface area (Å²) in [5.74, 6) is -1.37. The van der Waals surface area contributed by atoms with Gasteiger partial charge in [0.05, 0.1) is 24.7 Å². The number of nitrogens with zero attached hydrogens (tertiary/aromatic N) is 1. The number of carbonyl (C=O) groups is 2. The molecule has 0 saturated heterocycles. The van der Waals surface area contributed by atoms with Gasteiger partial charge in [-0.05, 0) is 13.8 Å². The summed E-state index contributed by atoms with van der Waals surface area (Å²) in [6.45, 7) is 6.25. The van der Waals surface area contributed by atoms with Crippen molar-refractivity contribution in [1.29, 1.82) is 0 Å². The Kier molecular flexibility index (Phi) is 10.8. The van der Waals surface area contributed by atoms with E-state index in [0.29, 0.717) is 39.5 Å². The maximum atomic E-state index is 12.0. The van der Waals surface area contributed by atoms with Crippen LogP contribution in [0.2, 0.25) is 0 Å². The van der Waals surface area contributed by atoms with Crippen molar-refractivity contribution in [2.24, 2.45) is 5.73 Å².